The van der Waals surface area contributed by atoms with Crippen LogP contribution in [-0.4, -0.2) is 45.9 Å². The molecule has 34 heavy (non-hydrogen) atoms. The Morgan fingerprint density at radius 1 is 1.24 bits per heavy atom. The third-order valence-corrected chi connectivity index (χ3v) is 6.29. The van der Waals surface area contributed by atoms with Gasteiger partial charge in [-0.15, -0.1) is 0 Å². The lowest BCUT2D eigenvalue weighted by atomic mass is 9.69. The Bertz CT molecular complexity index is 1070. The maximum atomic E-state index is 13.6. The van der Waals surface area contributed by atoms with Gasteiger partial charge in [-0.3, -0.25) is 9.36 Å². The van der Waals surface area contributed by atoms with Gasteiger partial charge in [0, 0.05) is 25.1 Å². The fourth-order valence-corrected chi connectivity index (χ4v) is 4.57. The number of aliphatic carboxylic acids is 1. The number of carboxylic acid groups (broad SMARTS) is 1. The van der Waals surface area contributed by atoms with E-state index in [1.807, 2.05) is 0 Å². The second kappa shape index (κ2) is 11.1. The van der Waals surface area contributed by atoms with Crippen molar-refractivity contribution in [2.75, 3.05) is 13.7 Å². The topological polar surface area (TPSA) is 117 Å². The first-order chi connectivity index (χ1) is 15.8. The number of hydrogen-bond acceptors (Lipinski definition) is 5. The minimum absolute atomic E-state index is 0.0730. The van der Waals surface area contributed by atoms with Gasteiger partial charge in [0.1, 0.15) is 5.75 Å². The summed E-state index contributed by atoms with van der Waals surface area (Å²) >= 11 is 0. The summed E-state index contributed by atoms with van der Waals surface area (Å²) in [5.74, 6) is -1.06. The molecule has 1 aliphatic rings. The normalized spacial score (nSPS) is 20.7. The molecule has 0 saturated heterocycles. The maximum Gasteiger partial charge on any atom is 0.490 e. The Morgan fingerprint density at radius 2 is 1.85 bits per heavy atom. The molecule has 1 fully saturated rings. The fourth-order valence-electron chi connectivity index (χ4n) is 4.57. The Hall–Kier alpha value is -2.82. The van der Waals surface area contributed by atoms with Crippen LogP contribution in [0.2, 0.25) is 0 Å². The van der Waals surface area contributed by atoms with Crippen molar-refractivity contribution in [2.24, 2.45) is 29.4 Å². The molecule has 1 saturated carbocycles. The first kappa shape index (κ1) is 27.4. The zero-order valence-corrected chi connectivity index (χ0v) is 19.8. The minimum atomic E-state index is -5.08. The molecule has 0 bridgehead atoms. The SMILES string of the molecule is COc1ccc2c(c1)n(CCN)c(=O)n2C(=O)[C@@H]1C[C@H](C)CC[C@H]1C(C)C.O=C(O)C(F)(F)F. The van der Waals surface area contributed by atoms with Gasteiger partial charge in [-0.05, 0) is 42.7 Å². The number of halogens is 3. The quantitative estimate of drug-likeness (QED) is 0.664. The van der Waals surface area contributed by atoms with E-state index >= 15 is 0 Å². The highest BCUT2D eigenvalue weighted by Crippen LogP contribution is 2.39. The van der Waals surface area contributed by atoms with Crippen molar-refractivity contribution in [3.8, 4) is 5.75 Å². The predicted molar refractivity (Wildman–Crippen MR) is 121 cm³/mol. The number of nitrogens with zero attached hydrogens (tertiary/aromatic N) is 2. The second-order valence-electron chi connectivity index (χ2n) is 8.99. The summed E-state index contributed by atoms with van der Waals surface area (Å²) in [7, 11) is 1.59. The number of rotatable bonds is 5. The van der Waals surface area contributed by atoms with Crippen LogP contribution in [0.25, 0.3) is 11.0 Å². The average molecular weight is 488 g/mol. The number of benzene rings is 1. The van der Waals surface area contributed by atoms with E-state index < -0.39 is 12.1 Å². The van der Waals surface area contributed by atoms with E-state index in [4.69, 9.17) is 20.4 Å². The molecule has 0 amide bonds. The molecule has 0 spiro atoms. The van der Waals surface area contributed by atoms with Crippen LogP contribution in [0.15, 0.2) is 23.0 Å². The summed E-state index contributed by atoms with van der Waals surface area (Å²) in [6.07, 6.45) is -2.05. The largest absolute Gasteiger partial charge is 0.497 e. The van der Waals surface area contributed by atoms with Crippen LogP contribution in [0.4, 0.5) is 13.2 Å². The number of nitrogens with two attached hydrogens (primary N) is 1. The first-order valence-electron chi connectivity index (χ1n) is 11.2. The van der Waals surface area contributed by atoms with Crippen molar-refractivity contribution in [1.82, 2.24) is 9.13 Å². The van der Waals surface area contributed by atoms with E-state index in [0.29, 0.717) is 47.6 Å². The molecule has 0 radical (unpaired) electrons. The third-order valence-electron chi connectivity index (χ3n) is 6.29. The summed E-state index contributed by atoms with van der Waals surface area (Å²) in [6.45, 7) is 7.25. The molecule has 3 rings (SSSR count). The van der Waals surface area contributed by atoms with E-state index in [1.165, 1.54) is 4.57 Å². The first-order valence-corrected chi connectivity index (χ1v) is 11.2. The van der Waals surface area contributed by atoms with Crippen LogP contribution >= 0.6 is 0 Å². The van der Waals surface area contributed by atoms with E-state index in [9.17, 15) is 22.8 Å². The highest BCUT2D eigenvalue weighted by molar-refractivity contribution is 5.92. The molecule has 3 atom stereocenters. The molecular weight excluding hydrogens is 455 g/mol. The summed E-state index contributed by atoms with van der Waals surface area (Å²) in [5.41, 5.74) is 6.75. The summed E-state index contributed by atoms with van der Waals surface area (Å²) in [4.78, 5) is 35.6. The lowest BCUT2D eigenvalue weighted by Crippen LogP contribution is -2.40. The number of hydrogen-bond donors (Lipinski definition) is 2. The van der Waals surface area contributed by atoms with Gasteiger partial charge in [0.05, 0.1) is 18.1 Å². The van der Waals surface area contributed by atoms with E-state index in [-0.39, 0.29) is 17.5 Å². The zero-order valence-electron chi connectivity index (χ0n) is 19.8. The van der Waals surface area contributed by atoms with Gasteiger partial charge < -0.3 is 15.6 Å². The summed E-state index contributed by atoms with van der Waals surface area (Å²) < 4.78 is 40.0. The standard InChI is InChI=1S/C21H31N3O3.C2HF3O2/c1-13(2)16-7-5-14(3)11-17(16)20(25)24-18-8-6-15(27-4)12-19(18)23(10-9-22)21(24)26;3-2(4,5)1(6)7/h6,8,12-14,16-17H,5,7,9-11,22H2,1-4H3;(H,6,7)/t14-,16+,17-;/m1./s1. The van der Waals surface area contributed by atoms with Crippen molar-refractivity contribution >= 4 is 22.9 Å². The lowest BCUT2D eigenvalue weighted by molar-refractivity contribution is -0.192. The average Bonchev–Trinajstić information content (AvgIpc) is 3.03. The molecule has 11 heteroatoms. The molecule has 0 unspecified atom stereocenters. The Morgan fingerprint density at radius 3 is 2.35 bits per heavy atom. The molecule has 3 N–H and O–H groups in total. The number of carboxylic acids is 1. The van der Waals surface area contributed by atoms with Crippen molar-refractivity contribution in [3.63, 3.8) is 0 Å². The molecule has 8 nitrogen and oxygen atoms in total. The highest BCUT2D eigenvalue weighted by atomic mass is 19.4. The van der Waals surface area contributed by atoms with Crippen LogP contribution in [0.1, 0.15) is 44.8 Å². The van der Waals surface area contributed by atoms with Crippen molar-refractivity contribution in [1.29, 1.82) is 0 Å². The monoisotopic (exact) mass is 487 g/mol. The van der Waals surface area contributed by atoms with E-state index in [1.54, 1.807) is 29.9 Å². The number of imidazole rings is 1. The maximum absolute atomic E-state index is 13.6. The number of fused-ring (bicyclic) bond motifs is 1. The van der Waals surface area contributed by atoms with Crippen LogP contribution in [-0.2, 0) is 11.3 Å². The third kappa shape index (κ3) is 5.99. The Kier molecular flexibility index (Phi) is 8.93. The van der Waals surface area contributed by atoms with Crippen molar-refractivity contribution in [3.05, 3.63) is 28.7 Å². The highest BCUT2D eigenvalue weighted by Gasteiger charge is 2.38. The molecule has 190 valence electrons. The van der Waals surface area contributed by atoms with Crippen molar-refractivity contribution in [2.45, 2.75) is 52.8 Å². The predicted octanol–water partition coefficient (Wildman–Crippen LogP) is 3.75. The summed E-state index contributed by atoms with van der Waals surface area (Å²) in [5, 5.41) is 7.12. The molecular formula is C23H32F3N3O5. The van der Waals surface area contributed by atoms with Gasteiger partial charge in [-0.2, -0.15) is 13.2 Å². The van der Waals surface area contributed by atoms with E-state index in [0.717, 1.165) is 19.3 Å². The van der Waals surface area contributed by atoms with Crippen LogP contribution < -0.4 is 16.2 Å². The van der Waals surface area contributed by atoms with Crippen LogP contribution in [0, 0.1) is 23.7 Å². The molecule has 1 aromatic heterocycles. The van der Waals surface area contributed by atoms with Gasteiger partial charge >= 0.3 is 17.8 Å². The van der Waals surface area contributed by atoms with Crippen LogP contribution in [0.3, 0.4) is 0 Å². The van der Waals surface area contributed by atoms with E-state index in [2.05, 4.69) is 20.8 Å². The number of ether oxygens (including phenoxy) is 1. The smallest absolute Gasteiger partial charge is 0.490 e. The number of carbonyl (C=O) groups excluding carboxylic acids is 1. The number of aromatic nitrogens is 2. The molecule has 0 aliphatic heterocycles. The number of alkyl halides is 3. The van der Waals surface area contributed by atoms with Gasteiger partial charge in [0.15, 0.2) is 0 Å². The lowest BCUT2D eigenvalue weighted by Gasteiger charge is -2.36. The Balaban J connectivity index is 0.000000509. The zero-order chi connectivity index (χ0) is 25.8. The number of carbonyl (C=O) groups is 2. The van der Waals surface area contributed by atoms with Gasteiger partial charge in [-0.25, -0.2) is 14.2 Å². The van der Waals surface area contributed by atoms with Gasteiger partial charge in [-0.1, -0.05) is 27.2 Å². The number of methoxy groups -OCH3 is 1. The van der Waals surface area contributed by atoms with Gasteiger partial charge in [0.25, 0.3) is 0 Å². The van der Waals surface area contributed by atoms with Gasteiger partial charge in [0.2, 0.25) is 5.91 Å². The van der Waals surface area contributed by atoms with Crippen molar-refractivity contribution < 1.29 is 32.6 Å². The molecule has 1 heterocycles. The Labute approximate surface area is 195 Å². The molecule has 1 aliphatic carbocycles. The van der Waals surface area contributed by atoms with Crippen LogP contribution in [0.5, 0.6) is 5.75 Å². The minimum Gasteiger partial charge on any atom is -0.497 e. The summed E-state index contributed by atoms with van der Waals surface area (Å²) in [6, 6.07) is 5.40. The fraction of sp³-hybridized carbons (Fsp3) is 0.609. The molecule has 2 aromatic rings. The molecule has 1 aromatic carbocycles. The second-order valence-corrected chi connectivity index (χ2v) is 8.99.